The van der Waals surface area contributed by atoms with Crippen LogP contribution in [0.4, 0.5) is 0 Å². The molecule has 0 aliphatic carbocycles. The highest BCUT2D eigenvalue weighted by atomic mass is 16.5. The third kappa shape index (κ3) is 4.43. The molecule has 0 saturated carbocycles. The number of rotatable bonds is 7. The van der Waals surface area contributed by atoms with Crippen molar-refractivity contribution in [2.75, 3.05) is 26.2 Å². The lowest BCUT2D eigenvalue weighted by Gasteiger charge is -2.15. The van der Waals surface area contributed by atoms with E-state index < -0.39 is 0 Å². The summed E-state index contributed by atoms with van der Waals surface area (Å²) < 4.78 is 11.3. The van der Waals surface area contributed by atoms with Crippen LogP contribution in [0.15, 0.2) is 40.9 Å². The molecule has 6 heteroatoms. The normalized spacial score (nSPS) is 14.4. The van der Waals surface area contributed by atoms with E-state index in [0.29, 0.717) is 24.5 Å². The first-order chi connectivity index (χ1) is 14.1. The molecule has 2 N–H and O–H groups in total. The lowest BCUT2D eigenvalue weighted by atomic mass is 10.1. The number of likely N-dealkylation sites (tertiary alicyclic amines) is 1. The van der Waals surface area contributed by atoms with Gasteiger partial charge in [0, 0.05) is 12.8 Å². The minimum atomic E-state index is -0.0943. The molecule has 3 aromatic rings. The molecule has 6 nitrogen and oxygen atoms in total. The first-order valence-corrected chi connectivity index (χ1v) is 10.3. The zero-order valence-electron chi connectivity index (χ0n) is 17.1. The van der Waals surface area contributed by atoms with Gasteiger partial charge in [0.1, 0.15) is 18.1 Å². The number of quaternary nitrogens is 1. The van der Waals surface area contributed by atoms with Crippen molar-refractivity contribution in [2.24, 2.45) is 0 Å². The van der Waals surface area contributed by atoms with Gasteiger partial charge in [-0.1, -0.05) is 29.4 Å². The summed E-state index contributed by atoms with van der Waals surface area (Å²) in [6, 6.07) is 11.9. The second kappa shape index (κ2) is 8.66. The van der Waals surface area contributed by atoms with Gasteiger partial charge in [0.2, 0.25) is 0 Å². The van der Waals surface area contributed by atoms with Crippen LogP contribution in [0, 0.1) is 13.8 Å². The second-order valence-corrected chi connectivity index (χ2v) is 7.75. The number of aromatic nitrogens is 1. The Hall–Kier alpha value is -2.86. The summed E-state index contributed by atoms with van der Waals surface area (Å²) in [7, 11) is 0. The molecule has 1 amide bonds. The van der Waals surface area contributed by atoms with E-state index in [-0.39, 0.29) is 5.91 Å². The van der Waals surface area contributed by atoms with E-state index in [1.54, 1.807) is 4.90 Å². The quantitative estimate of drug-likeness (QED) is 0.646. The molecule has 1 aliphatic rings. The van der Waals surface area contributed by atoms with Crippen LogP contribution >= 0.6 is 0 Å². The Morgan fingerprint density at radius 2 is 1.90 bits per heavy atom. The zero-order chi connectivity index (χ0) is 20.2. The Kier molecular flexibility index (Phi) is 5.81. The lowest BCUT2D eigenvalue weighted by molar-refractivity contribution is -0.886. The van der Waals surface area contributed by atoms with Crippen LogP contribution in [0.1, 0.15) is 40.2 Å². The molecule has 0 spiro atoms. The van der Waals surface area contributed by atoms with Crippen molar-refractivity contribution in [1.29, 1.82) is 0 Å². The monoisotopic (exact) mass is 394 g/mol. The molecule has 2 heterocycles. The number of hydrogen-bond donors (Lipinski definition) is 2. The average Bonchev–Trinajstić information content (AvgIpc) is 3.35. The van der Waals surface area contributed by atoms with E-state index >= 15 is 0 Å². The molecule has 152 valence electrons. The topological polar surface area (TPSA) is 68.8 Å². The number of fused-ring (bicyclic) bond motifs is 1. The molecule has 0 atom stereocenters. The Labute approximate surface area is 170 Å². The first kappa shape index (κ1) is 19.5. The van der Waals surface area contributed by atoms with Crippen LogP contribution < -0.4 is 15.0 Å². The largest absolute Gasteiger partial charge is 0.488 e. The summed E-state index contributed by atoms with van der Waals surface area (Å²) >= 11 is 0. The summed E-state index contributed by atoms with van der Waals surface area (Å²) in [4.78, 5) is 14.5. The van der Waals surface area contributed by atoms with Gasteiger partial charge in [-0.15, -0.1) is 0 Å². The summed E-state index contributed by atoms with van der Waals surface area (Å²) in [5.41, 5.74) is 2.29. The molecule has 2 aromatic carbocycles. The third-order valence-corrected chi connectivity index (χ3v) is 5.72. The van der Waals surface area contributed by atoms with Crippen LogP contribution in [-0.4, -0.2) is 37.2 Å². The van der Waals surface area contributed by atoms with Crippen LogP contribution in [-0.2, 0) is 6.61 Å². The number of ether oxygens (including phenoxy) is 1. The number of amides is 1. The van der Waals surface area contributed by atoms with Crippen molar-refractivity contribution in [2.45, 2.75) is 33.3 Å². The van der Waals surface area contributed by atoms with Crippen molar-refractivity contribution in [3.8, 4) is 5.75 Å². The number of nitrogens with zero attached hydrogens (tertiary/aromatic N) is 1. The first-order valence-electron chi connectivity index (χ1n) is 10.3. The van der Waals surface area contributed by atoms with E-state index in [4.69, 9.17) is 9.26 Å². The molecule has 0 bridgehead atoms. The van der Waals surface area contributed by atoms with Gasteiger partial charge in [0.15, 0.2) is 0 Å². The van der Waals surface area contributed by atoms with Gasteiger partial charge in [-0.3, -0.25) is 4.79 Å². The van der Waals surface area contributed by atoms with E-state index in [0.717, 1.165) is 34.3 Å². The van der Waals surface area contributed by atoms with Crippen molar-refractivity contribution in [3.63, 3.8) is 0 Å². The molecule has 1 saturated heterocycles. The van der Waals surface area contributed by atoms with E-state index in [1.165, 1.54) is 25.9 Å². The fourth-order valence-corrected chi connectivity index (χ4v) is 3.95. The van der Waals surface area contributed by atoms with Crippen molar-refractivity contribution in [3.05, 3.63) is 59.0 Å². The van der Waals surface area contributed by atoms with E-state index in [9.17, 15) is 4.79 Å². The van der Waals surface area contributed by atoms with Crippen LogP contribution in [0.2, 0.25) is 0 Å². The van der Waals surface area contributed by atoms with Gasteiger partial charge < -0.3 is 19.5 Å². The van der Waals surface area contributed by atoms with Crippen LogP contribution in [0.3, 0.4) is 0 Å². The minimum Gasteiger partial charge on any atom is -0.488 e. The smallest absolute Gasteiger partial charge is 0.255 e. The fraction of sp³-hybridized carbons (Fsp3) is 0.391. The Bertz CT molecular complexity index is 986. The van der Waals surface area contributed by atoms with Crippen LogP contribution in [0.5, 0.6) is 5.75 Å². The summed E-state index contributed by atoms with van der Waals surface area (Å²) in [5, 5.41) is 9.12. The molecule has 1 aliphatic heterocycles. The summed E-state index contributed by atoms with van der Waals surface area (Å²) in [6.45, 7) is 8.13. The number of carbonyl (C=O) groups is 1. The van der Waals surface area contributed by atoms with E-state index in [1.807, 2.05) is 50.2 Å². The summed E-state index contributed by atoms with van der Waals surface area (Å²) in [6.07, 6.45) is 2.57. The van der Waals surface area contributed by atoms with Gasteiger partial charge in [0.05, 0.1) is 43.0 Å². The number of benzene rings is 2. The average molecular weight is 394 g/mol. The highest BCUT2D eigenvalue weighted by Crippen LogP contribution is 2.27. The second-order valence-electron chi connectivity index (χ2n) is 7.75. The Morgan fingerprint density at radius 3 is 2.59 bits per heavy atom. The van der Waals surface area contributed by atoms with Crippen molar-refractivity contribution >= 4 is 16.7 Å². The van der Waals surface area contributed by atoms with E-state index in [2.05, 4.69) is 10.5 Å². The van der Waals surface area contributed by atoms with Gasteiger partial charge in [-0.05, 0) is 36.8 Å². The minimum absolute atomic E-state index is 0.0943. The summed E-state index contributed by atoms with van der Waals surface area (Å²) in [5.74, 6) is 1.22. The highest BCUT2D eigenvalue weighted by molar-refractivity contribution is 6.01. The van der Waals surface area contributed by atoms with Gasteiger partial charge in [-0.2, -0.15) is 0 Å². The number of nitrogens with one attached hydrogen (secondary N) is 2. The predicted octanol–water partition coefficient (Wildman–Crippen LogP) is 2.43. The van der Waals surface area contributed by atoms with Gasteiger partial charge in [-0.25, -0.2) is 0 Å². The highest BCUT2D eigenvalue weighted by Gasteiger charge is 2.18. The standard InChI is InChI=1S/C23H27N3O3/c1-16-21(17(2)29-25-16)15-28-22-14-19-8-4-3-7-18(19)13-20(22)23(27)24-9-12-26-10-5-6-11-26/h3-4,7-8,13-14H,5-6,9-12,15H2,1-2H3,(H,24,27)/p+1. The molecular weight excluding hydrogens is 366 g/mol. The molecule has 1 aromatic heterocycles. The Balaban J connectivity index is 1.53. The molecular formula is C23H28N3O3+. The van der Waals surface area contributed by atoms with Crippen LogP contribution in [0.25, 0.3) is 10.8 Å². The maximum atomic E-state index is 12.9. The predicted molar refractivity (Wildman–Crippen MR) is 111 cm³/mol. The maximum absolute atomic E-state index is 12.9. The fourth-order valence-electron chi connectivity index (χ4n) is 3.95. The number of aryl methyl sites for hydroxylation is 2. The lowest BCUT2D eigenvalue weighted by Crippen LogP contribution is -3.10. The number of hydrogen-bond acceptors (Lipinski definition) is 4. The number of carbonyl (C=O) groups excluding carboxylic acids is 1. The van der Waals surface area contributed by atoms with Gasteiger partial charge >= 0.3 is 0 Å². The third-order valence-electron chi connectivity index (χ3n) is 5.72. The molecule has 29 heavy (non-hydrogen) atoms. The maximum Gasteiger partial charge on any atom is 0.255 e. The SMILES string of the molecule is Cc1noc(C)c1COc1cc2ccccc2cc1C(=O)NCC[NH+]1CCCC1. The molecule has 0 unspecified atom stereocenters. The van der Waals surface area contributed by atoms with Crippen molar-refractivity contribution in [1.82, 2.24) is 10.5 Å². The van der Waals surface area contributed by atoms with Crippen molar-refractivity contribution < 1.29 is 19.0 Å². The zero-order valence-corrected chi connectivity index (χ0v) is 17.1. The molecule has 0 radical (unpaired) electrons. The molecule has 4 rings (SSSR count). The Morgan fingerprint density at radius 1 is 1.17 bits per heavy atom. The molecule has 1 fully saturated rings. The van der Waals surface area contributed by atoms with Gasteiger partial charge in [0.25, 0.3) is 5.91 Å².